The number of anilines is 2. The molecule has 4 rings (SSSR count). The van der Waals surface area contributed by atoms with Crippen molar-refractivity contribution in [1.29, 1.82) is 0 Å². The number of hydrogen-bond acceptors (Lipinski definition) is 10. The fourth-order valence-corrected chi connectivity index (χ4v) is 4.73. The van der Waals surface area contributed by atoms with Crippen molar-refractivity contribution in [3.05, 3.63) is 86.2 Å². The minimum Gasteiger partial charge on any atom is -0.371 e. The number of thiazole rings is 2. The number of benzene rings is 2. The molecule has 8 nitrogen and oxygen atoms in total. The second-order valence-electron chi connectivity index (χ2n) is 7.79. The van der Waals surface area contributed by atoms with Gasteiger partial charge >= 0.3 is 0 Å². The Morgan fingerprint density at radius 2 is 1.06 bits per heavy atom. The average Bonchev–Trinajstić information content (AvgIpc) is 3.57. The maximum Gasteiger partial charge on any atom is 0.230 e. The van der Waals surface area contributed by atoms with E-state index in [2.05, 4.69) is 53.4 Å². The lowest BCUT2D eigenvalue weighted by Gasteiger charge is -2.16. The Balaban J connectivity index is 1.37. The first-order valence-corrected chi connectivity index (χ1v) is 12.8. The molecule has 36 heavy (non-hydrogen) atoms. The van der Waals surface area contributed by atoms with Crippen LogP contribution in [0.4, 0.5) is 33.0 Å². The SMILES string of the molecule is C=CCN(C)c1ccc(N=Nc2ncc(-c3cnc(N=Nc4ccc(N(C)CC=C)cc4)s3)s2)cc1. The van der Waals surface area contributed by atoms with Crippen LogP contribution in [0.15, 0.2) is 107 Å². The zero-order valence-electron chi connectivity index (χ0n) is 20.2. The molecule has 4 aromatic rings. The van der Waals surface area contributed by atoms with E-state index in [1.165, 1.54) is 22.7 Å². The van der Waals surface area contributed by atoms with Gasteiger partial charge in [-0.3, -0.25) is 0 Å². The van der Waals surface area contributed by atoms with Crippen LogP contribution in [0.2, 0.25) is 0 Å². The van der Waals surface area contributed by atoms with E-state index in [9.17, 15) is 0 Å². The predicted octanol–water partition coefficient (Wildman–Crippen LogP) is 8.34. The summed E-state index contributed by atoms with van der Waals surface area (Å²) in [6.45, 7) is 9.10. The summed E-state index contributed by atoms with van der Waals surface area (Å²) in [6, 6.07) is 15.8. The molecule has 182 valence electrons. The van der Waals surface area contributed by atoms with Crippen LogP contribution in [0.5, 0.6) is 0 Å². The van der Waals surface area contributed by atoms with Gasteiger partial charge in [0.25, 0.3) is 0 Å². The van der Waals surface area contributed by atoms with Crippen molar-refractivity contribution in [2.24, 2.45) is 20.5 Å². The summed E-state index contributed by atoms with van der Waals surface area (Å²) in [5.41, 5.74) is 3.72. The highest BCUT2D eigenvalue weighted by Crippen LogP contribution is 2.37. The molecular weight excluding hydrogens is 488 g/mol. The molecule has 0 aliphatic carbocycles. The van der Waals surface area contributed by atoms with E-state index in [1.54, 1.807) is 12.4 Å². The van der Waals surface area contributed by atoms with E-state index in [4.69, 9.17) is 0 Å². The number of azo groups is 2. The molecule has 2 aromatic carbocycles. The van der Waals surface area contributed by atoms with Crippen LogP contribution in [0.25, 0.3) is 9.75 Å². The van der Waals surface area contributed by atoms with Crippen molar-refractivity contribution in [1.82, 2.24) is 9.97 Å². The number of rotatable bonds is 11. The van der Waals surface area contributed by atoms with Gasteiger partial charge in [0.15, 0.2) is 0 Å². The molecule has 0 saturated carbocycles. The third kappa shape index (κ3) is 6.55. The minimum atomic E-state index is 0.580. The Morgan fingerprint density at radius 1 is 0.667 bits per heavy atom. The van der Waals surface area contributed by atoms with Gasteiger partial charge in [-0.1, -0.05) is 34.8 Å². The van der Waals surface area contributed by atoms with Crippen LogP contribution in [0.3, 0.4) is 0 Å². The summed E-state index contributed by atoms with van der Waals surface area (Å²) in [4.78, 5) is 14.9. The Bertz CT molecular complexity index is 1250. The van der Waals surface area contributed by atoms with Crippen molar-refractivity contribution in [2.75, 3.05) is 37.0 Å². The Kier molecular flexibility index (Phi) is 8.43. The van der Waals surface area contributed by atoms with Crippen LogP contribution in [-0.2, 0) is 0 Å². The third-order valence-electron chi connectivity index (χ3n) is 5.12. The van der Waals surface area contributed by atoms with E-state index in [0.29, 0.717) is 10.3 Å². The molecule has 10 heteroatoms. The largest absolute Gasteiger partial charge is 0.371 e. The maximum atomic E-state index is 4.37. The lowest BCUT2D eigenvalue weighted by Crippen LogP contribution is -2.15. The standard InChI is InChI=1S/C26H26N8S2/c1-5-15-33(3)21-11-7-19(8-12-21)29-31-25-27-17-23(35-25)24-18-28-26(36-24)32-30-20-9-13-22(14-10-20)34(4)16-6-2/h5-14,17-18H,1-2,15-16H2,3-4H3. The molecule has 0 aliphatic rings. The maximum absolute atomic E-state index is 4.37. The van der Waals surface area contributed by atoms with Crippen molar-refractivity contribution in [3.8, 4) is 9.75 Å². The number of hydrogen-bond donors (Lipinski definition) is 0. The van der Waals surface area contributed by atoms with Crippen molar-refractivity contribution < 1.29 is 0 Å². The van der Waals surface area contributed by atoms with Gasteiger partial charge in [-0.05, 0) is 48.5 Å². The molecule has 2 aromatic heterocycles. The zero-order valence-corrected chi connectivity index (χ0v) is 21.8. The highest BCUT2D eigenvalue weighted by Gasteiger charge is 2.09. The first kappa shape index (κ1) is 25.1. The fraction of sp³-hybridized carbons (Fsp3) is 0.154. The fourth-order valence-electron chi connectivity index (χ4n) is 3.20. The summed E-state index contributed by atoms with van der Waals surface area (Å²) in [6.07, 6.45) is 7.29. The summed E-state index contributed by atoms with van der Waals surface area (Å²) in [5, 5.41) is 18.3. The van der Waals surface area contributed by atoms with Crippen molar-refractivity contribution in [2.45, 2.75) is 0 Å². The molecule has 0 aliphatic heterocycles. The van der Waals surface area contributed by atoms with Crippen LogP contribution in [0.1, 0.15) is 0 Å². The van der Waals surface area contributed by atoms with Gasteiger partial charge in [-0.15, -0.1) is 33.6 Å². The lowest BCUT2D eigenvalue weighted by molar-refractivity contribution is 1.03. The molecule has 0 spiro atoms. The molecule has 0 bridgehead atoms. The molecule has 0 saturated heterocycles. The number of nitrogens with zero attached hydrogens (tertiary/aromatic N) is 8. The van der Waals surface area contributed by atoms with E-state index < -0.39 is 0 Å². The monoisotopic (exact) mass is 514 g/mol. The van der Waals surface area contributed by atoms with Crippen LogP contribution >= 0.6 is 22.7 Å². The molecule has 0 unspecified atom stereocenters. The van der Waals surface area contributed by atoms with Gasteiger partial charge in [0, 0.05) is 51.0 Å². The second-order valence-corrected chi connectivity index (χ2v) is 9.80. The van der Waals surface area contributed by atoms with E-state index in [0.717, 1.165) is 45.6 Å². The molecule has 0 N–H and O–H groups in total. The van der Waals surface area contributed by atoms with E-state index >= 15 is 0 Å². The van der Waals surface area contributed by atoms with E-state index in [-0.39, 0.29) is 0 Å². The van der Waals surface area contributed by atoms with Gasteiger partial charge in [-0.2, -0.15) is 0 Å². The summed E-state index contributed by atoms with van der Waals surface area (Å²) >= 11 is 2.90. The lowest BCUT2D eigenvalue weighted by atomic mass is 10.2. The molecule has 2 heterocycles. The Morgan fingerprint density at radius 3 is 1.42 bits per heavy atom. The van der Waals surface area contributed by atoms with Crippen LogP contribution in [-0.4, -0.2) is 37.2 Å². The second kappa shape index (κ2) is 12.1. The van der Waals surface area contributed by atoms with Gasteiger partial charge in [0.05, 0.1) is 21.1 Å². The van der Waals surface area contributed by atoms with Crippen LogP contribution < -0.4 is 9.80 Å². The van der Waals surface area contributed by atoms with Gasteiger partial charge in [0.1, 0.15) is 0 Å². The van der Waals surface area contributed by atoms with Gasteiger partial charge < -0.3 is 9.80 Å². The number of aromatic nitrogens is 2. The molecule has 0 amide bonds. The average molecular weight is 515 g/mol. The van der Waals surface area contributed by atoms with Crippen molar-refractivity contribution >= 4 is 55.7 Å². The zero-order chi connectivity index (χ0) is 25.3. The Labute approximate surface area is 218 Å². The highest BCUT2D eigenvalue weighted by atomic mass is 32.1. The topological polar surface area (TPSA) is 81.7 Å². The Hall–Kier alpha value is -4.02. The van der Waals surface area contributed by atoms with Crippen LogP contribution in [0, 0.1) is 0 Å². The van der Waals surface area contributed by atoms with Crippen molar-refractivity contribution in [3.63, 3.8) is 0 Å². The first-order valence-electron chi connectivity index (χ1n) is 11.2. The highest BCUT2D eigenvalue weighted by molar-refractivity contribution is 7.25. The summed E-state index contributed by atoms with van der Waals surface area (Å²) in [7, 11) is 4.03. The first-order chi connectivity index (χ1) is 17.6. The quantitative estimate of drug-likeness (QED) is 0.149. The van der Waals surface area contributed by atoms with Gasteiger partial charge in [-0.25, -0.2) is 9.97 Å². The molecule has 0 atom stereocenters. The molecular formula is C26H26N8S2. The minimum absolute atomic E-state index is 0.580. The molecule has 0 fully saturated rings. The number of likely N-dealkylation sites (N-methyl/N-ethyl adjacent to an activating group) is 2. The third-order valence-corrected chi connectivity index (χ3v) is 7.08. The summed E-state index contributed by atoms with van der Waals surface area (Å²) < 4.78 is 0. The van der Waals surface area contributed by atoms with E-state index in [1.807, 2.05) is 74.8 Å². The summed E-state index contributed by atoms with van der Waals surface area (Å²) in [5.74, 6) is 0. The predicted molar refractivity (Wildman–Crippen MR) is 151 cm³/mol. The van der Waals surface area contributed by atoms with Gasteiger partial charge in [0.2, 0.25) is 10.3 Å². The smallest absolute Gasteiger partial charge is 0.230 e. The molecule has 0 radical (unpaired) electrons. The normalized spacial score (nSPS) is 11.3.